The highest BCUT2D eigenvalue weighted by Gasteiger charge is 2.15. The summed E-state index contributed by atoms with van der Waals surface area (Å²) in [4.78, 5) is 4.36. The van der Waals surface area contributed by atoms with E-state index in [0.29, 0.717) is 37.0 Å². The third-order valence-corrected chi connectivity index (χ3v) is 2.66. The third kappa shape index (κ3) is 7.67. The molecule has 0 aliphatic heterocycles. The molecule has 0 aliphatic carbocycles. The fourth-order valence-electron chi connectivity index (χ4n) is 1.85. The van der Waals surface area contributed by atoms with Gasteiger partial charge in [-0.2, -0.15) is 8.78 Å². The average Bonchev–Trinajstić information content (AvgIpc) is 2.47. The van der Waals surface area contributed by atoms with Crippen LogP contribution in [-0.4, -0.2) is 32.3 Å². The van der Waals surface area contributed by atoms with Crippen molar-refractivity contribution in [1.82, 2.24) is 10.6 Å². The lowest BCUT2D eigenvalue weighted by Crippen LogP contribution is -2.37. The van der Waals surface area contributed by atoms with Crippen molar-refractivity contribution in [3.8, 4) is 11.5 Å². The van der Waals surface area contributed by atoms with Crippen LogP contribution in [0.4, 0.5) is 8.78 Å². The van der Waals surface area contributed by atoms with Crippen molar-refractivity contribution < 1.29 is 18.3 Å². The van der Waals surface area contributed by atoms with E-state index in [0.717, 1.165) is 0 Å². The summed E-state index contributed by atoms with van der Waals surface area (Å²) in [6.07, 6.45) is 0. The van der Waals surface area contributed by atoms with Crippen LogP contribution in [0.5, 0.6) is 11.5 Å². The fraction of sp³-hybridized carbons (Fsp3) is 0.533. The van der Waals surface area contributed by atoms with E-state index < -0.39 is 6.61 Å². The topological polar surface area (TPSA) is 54.9 Å². The summed E-state index contributed by atoms with van der Waals surface area (Å²) in [7, 11) is 0. The number of guanidine groups is 1. The van der Waals surface area contributed by atoms with Gasteiger partial charge in [0.15, 0.2) is 17.5 Å². The van der Waals surface area contributed by atoms with E-state index >= 15 is 0 Å². The van der Waals surface area contributed by atoms with Crippen molar-refractivity contribution in [2.24, 2.45) is 4.99 Å². The SMILES string of the molecule is CCNC(=NCc1cccc(OCC)c1OC(F)F)NCC.I. The predicted molar refractivity (Wildman–Crippen MR) is 98.2 cm³/mol. The van der Waals surface area contributed by atoms with Gasteiger partial charge in [-0.1, -0.05) is 12.1 Å². The molecule has 0 saturated carbocycles. The molecule has 5 nitrogen and oxygen atoms in total. The highest BCUT2D eigenvalue weighted by atomic mass is 127. The van der Waals surface area contributed by atoms with E-state index in [1.165, 1.54) is 0 Å². The number of para-hydroxylation sites is 1. The standard InChI is InChI=1S/C15H23F2N3O2.HI/c1-4-18-15(19-5-2)20-10-11-8-7-9-12(21-6-3)13(11)22-14(16)17;/h7-9,14H,4-6,10H2,1-3H3,(H2,18,19,20);1H. The summed E-state index contributed by atoms with van der Waals surface area (Å²) in [6.45, 7) is 4.78. The van der Waals surface area contributed by atoms with Gasteiger partial charge in [0, 0.05) is 18.7 Å². The first kappa shape index (κ1) is 21.7. The van der Waals surface area contributed by atoms with E-state index in [9.17, 15) is 8.78 Å². The van der Waals surface area contributed by atoms with Crippen LogP contribution in [0.15, 0.2) is 23.2 Å². The Hall–Kier alpha value is -1.32. The molecular weight excluding hydrogens is 419 g/mol. The van der Waals surface area contributed by atoms with Crippen molar-refractivity contribution in [1.29, 1.82) is 0 Å². The molecule has 23 heavy (non-hydrogen) atoms. The Morgan fingerprint density at radius 1 is 1.17 bits per heavy atom. The number of alkyl halides is 2. The highest BCUT2D eigenvalue weighted by Crippen LogP contribution is 2.33. The van der Waals surface area contributed by atoms with E-state index in [1.807, 2.05) is 13.8 Å². The molecule has 0 aromatic heterocycles. The normalized spacial score (nSPS) is 9.83. The zero-order valence-corrected chi connectivity index (χ0v) is 15.9. The second kappa shape index (κ2) is 12.1. The van der Waals surface area contributed by atoms with Crippen LogP contribution < -0.4 is 20.1 Å². The molecule has 1 rings (SSSR count). The maximum atomic E-state index is 12.6. The zero-order chi connectivity index (χ0) is 16.4. The van der Waals surface area contributed by atoms with Crippen LogP contribution in [0, 0.1) is 0 Å². The van der Waals surface area contributed by atoms with Gasteiger partial charge < -0.3 is 20.1 Å². The quantitative estimate of drug-likeness (QED) is 0.368. The number of ether oxygens (including phenoxy) is 2. The number of nitrogens with zero attached hydrogens (tertiary/aromatic N) is 1. The molecule has 0 spiro atoms. The lowest BCUT2D eigenvalue weighted by atomic mass is 10.2. The molecule has 2 N–H and O–H groups in total. The van der Waals surface area contributed by atoms with E-state index in [-0.39, 0.29) is 36.3 Å². The second-order valence-corrected chi connectivity index (χ2v) is 4.28. The van der Waals surface area contributed by atoms with Crippen LogP contribution in [0.2, 0.25) is 0 Å². The number of benzene rings is 1. The molecule has 0 radical (unpaired) electrons. The van der Waals surface area contributed by atoms with E-state index in [4.69, 9.17) is 4.74 Å². The Morgan fingerprint density at radius 3 is 2.35 bits per heavy atom. The lowest BCUT2D eigenvalue weighted by Gasteiger charge is -2.15. The van der Waals surface area contributed by atoms with E-state index in [1.54, 1.807) is 25.1 Å². The molecule has 0 amide bonds. The van der Waals surface area contributed by atoms with Gasteiger partial charge in [0.05, 0.1) is 13.2 Å². The highest BCUT2D eigenvalue weighted by molar-refractivity contribution is 14.0. The maximum Gasteiger partial charge on any atom is 0.387 e. The van der Waals surface area contributed by atoms with Crippen LogP contribution >= 0.6 is 24.0 Å². The summed E-state index contributed by atoms with van der Waals surface area (Å²) in [6, 6.07) is 5.03. The van der Waals surface area contributed by atoms with Crippen LogP contribution in [-0.2, 0) is 6.54 Å². The first-order chi connectivity index (χ1) is 10.6. The Labute approximate surface area is 152 Å². The molecule has 0 heterocycles. The molecule has 132 valence electrons. The lowest BCUT2D eigenvalue weighted by molar-refractivity contribution is -0.0520. The molecule has 0 saturated heterocycles. The number of hydrogen-bond donors (Lipinski definition) is 2. The minimum atomic E-state index is -2.91. The molecule has 0 aliphatic rings. The smallest absolute Gasteiger partial charge is 0.387 e. The van der Waals surface area contributed by atoms with Crippen molar-refractivity contribution in [2.75, 3.05) is 19.7 Å². The largest absolute Gasteiger partial charge is 0.490 e. The van der Waals surface area contributed by atoms with Gasteiger partial charge in [0.2, 0.25) is 0 Å². The van der Waals surface area contributed by atoms with Gasteiger partial charge in [-0.25, -0.2) is 4.99 Å². The Balaban J connectivity index is 0.00000484. The van der Waals surface area contributed by atoms with Crippen LogP contribution in [0.25, 0.3) is 0 Å². The summed E-state index contributed by atoms with van der Waals surface area (Å²) >= 11 is 0. The van der Waals surface area contributed by atoms with Gasteiger partial charge in [-0.3, -0.25) is 0 Å². The van der Waals surface area contributed by atoms with Crippen LogP contribution in [0.1, 0.15) is 26.3 Å². The number of hydrogen-bond acceptors (Lipinski definition) is 3. The number of halogens is 3. The van der Waals surface area contributed by atoms with Crippen molar-refractivity contribution in [3.63, 3.8) is 0 Å². The van der Waals surface area contributed by atoms with Crippen molar-refractivity contribution in [2.45, 2.75) is 33.9 Å². The molecular formula is C15H24F2IN3O2. The van der Waals surface area contributed by atoms with E-state index in [2.05, 4.69) is 20.4 Å². The van der Waals surface area contributed by atoms with Gasteiger partial charge in [-0.15, -0.1) is 24.0 Å². The minimum absolute atomic E-state index is 0. The van der Waals surface area contributed by atoms with Crippen LogP contribution in [0.3, 0.4) is 0 Å². The number of nitrogens with one attached hydrogen (secondary N) is 2. The molecule has 0 unspecified atom stereocenters. The summed E-state index contributed by atoms with van der Waals surface area (Å²) < 4.78 is 35.2. The summed E-state index contributed by atoms with van der Waals surface area (Å²) in [5.74, 6) is 0.953. The number of rotatable bonds is 8. The zero-order valence-electron chi connectivity index (χ0n) is 13.6. The maximum absolute atomic E-state index is 12.6. The molecule has 1 aromatic carbocycles. The molecule has 0 fully saturated rings. The van der Waals surface area contributed by atoms with Gasteiger partial charge in [0.25, 0.3) is 0 Å². The van der Waals surface area contributed by atoms with Crippen molar-refractivity contribution >= 4 is 29.9 Å². The first-order valence-electron chi connectivity index (χ1n) is 7.33. The third-order valence-electron chi connectivity index (χ3n) is 2.66. The molecule has 8 heteroatoms. The Kier molecular flexibility index (Phi) is 11.4. The van der Waals surface area contributed by atoms with Gasteiger partial charge in [-0.05, 0) is 26.8 Å². The molecule has 0 bridgehead atoms. The molecule has 0 atom stereocenters. The van der Waals surface area contributed by atoms with Gasteiger partial charge in [0.1, 0.15) is 0 Å². The summed E-state index contributed by atoms with van der Waals surface area (Å²) in [5, 5.41) is 6.14. The number of aliphatic imine (C=N–C) groups is 1. The Bertz CT molecular complexity index is 480. The first-order valence-corrected chi connectivity index (χ1v) is 7.33. The monoisotopic (exact) mass is 443 g/mol. The summed E-state index contributed by atoms with van der Waals surface area (Å²) in [5.41, 5.74) is 0.541. The van der Waals surface area contributed by atoms with Gasteiger partial charge >= 0.3 is 6.61 Å². The fourth-order valence-corrected chi connectivity index (χ4v) is 1.85. The van der Waals surface area contributed by atoms with Crippen molar-refractivity contribution in [3.05, 3.63) is 23.8 Å². The minimum Gasteiger partial charge on any atom is -0.490 e. The molecule has 1 aromatic rings. The average molecular weight is 443 g/mol. The second-order valence-electron chi connectivity index (χ2n) is 4.28. The Morgan fingerprint density at radius 2 is 1.83 bits per heavy atom. The predicted octanol–water partition coefficient (Wildman–Crippen LogP) is 3.38.